The van der Waals surface area contributed by atoms with Crippen LogP contribution in [-0.4, -0.2) is 22.2 Å². The highest BCUT2D eigenvalue weighted by Crippen LogP contribution is 2.24. The van der Waals surface area contributed by atoms with Crippen molar-refractivity contribution in [3.63, 3.8) is 0 Å². The third-order valence-corrected chi connectivity index (χ3v) is 5.16. The van der Waals surface area contributed by atoms with E-state index in [1.54, 1.807) is 48.8 Å². The zero-order chi connectivity index (χ0) is 16.4. The number of nitriles is 1. The van der Waals surface area contributed by atoms with E-state index in [2.05, 4.69) is 5.10 Å². The highest BCUT2D eigenvalue weighted by atomic mass is 32.2. The van der Waals surface area contributed by atoms with Crippen LogP contribution in [0, 0.1) is 18.3 Å². The lowest BCUT2D eigenvalue weighted by Crippen LogP contribution is -2.13. The van der Waals surface area contributed by atoms with Crippen molar-refractivity contribution in [1.82, 2.24) is 13.8 Å². The summed E-state index contributed by atoms with van der Waals surface area (Å²) in [6.07, 6.45) is 4.71. The number of aromatic nitrogens is 3. The number of benzene rings is 1. The van der Waals surface area contributed by atoms with Crippen molar-refractivity contribution in [3.05, 3.63) is 60.6 Å². The van der Waals surface area contributed by atoms with Gasteiger partial charge in [0.25, 0.3) is 10.0 Å². The zero-order valence-corrected chi connectivity index (χ0v) is 13.2. The Morgan fingerprint density at radius 2 is 1.96 bits per heavy atom. The zero-order valence-electron chi connectivity index (χ0n) is 12.4. The summed E-state index contributed by atoms with van der Waals surface area (Å²) in [7, 11) is -3.68. The third kappa shape index (κ3) is 2.76. The molecule has 0 fully saturated rings. The number of aryl methyl sites for hydroxylation is 1. The molecule has 2 aromatic heterocycles. The summed E-state index contributed by atoms with van der Waals surface area (Å²) in [4.78, 5) is 0.227. The van der Waals surface area contributed by atoms with Crippen LogP contribution in [-0.2, 0) is 16.6 Å². The summed E-state index contributed by atoms with van der Waals surface area (Å²) < 4.78 is 28.3. The molecule has 2 heterocycles. The van der Waals surface area contributed by atoms with Crippen LogP contribution in [0.3, 0.4) is 0 Å². The van der Waals surface area contributed by atoms with E-state index in [4.69, 9.17) is 5.26 Å². The fourth-order valence-electron chi connectivity index (χ4n) is 2.28. The van der Waals surface area contributed by atoms with Crippen LogP contribution in [0.1, 0.15) is 5.56 Å². The molecule has 0 N–H and O–H groups in total. The summed E-state index contributed by atoms with van der Waals surface area (Å²) in [6, 6.07) is 12.1. The van der Waals surface area contributed by atoms with E-state index in [1.165, 1.54) is 14.9 Å². The second kappa shape index (κ2) is 5.74. The molecule has 3 rings (SSSR count). The van der Waals surface area contributed by atoms with Crippen molar-refractivity contribution >= 4 is 10.0 Å². The highest BCUT2D eigenvalue weighted by molar-refractivity contribution is 7.90. The van der Waals surface area contributed by atoms with Crippen LogP contribution in [0.15, 0.2) is 59.9 Å². The monoisotopic (exact) mass is 326 g/mol. The van der Waals surface area contributed by atoms with Gasteiger partial charge in [-0.15, -0.1) is 0 Å². The fraction of sp³-hybridized carbons (Fsp3) is 0.125. The van der Waals surface area contributed by atoms with E-state index in [-0.39, 0.29) is 11.4 Å². The summed E-state index contributed by atoms with van der Waals surface area (Å²) >= 11 is 0. The van der Waals surface area contributed by atoms with Crippen molar-refractivity contribution < 1.29 is 8.42 Å². The molecule has 0 aliphatic heterocycles. The number of hydrogen-bond donors (Lipinski definition) is 0. The van der Waals surface area contributed by atoms with Gasteiger partial charge in [0.05, 0.1) is 22.9 Å². The van der Waals surface area contributed by atoms with Crippen molar-refractivity contribution in [2.24, 2.45) is 0 Å². The molecule has 0 atom stereocenters. The molecule has 0 unspecified atom stereocenters. The van der Waals surface area contributed by atoms with E-state index in [9.17, 15) is 8.42 Å². The molecular formula is C16H14N4O2S. The normalized spacial score (nSPS) is 11.3. The van der Waals surface area contributed by atoms with E-state index >= 15 is 0 Å². The van der Waals surface area contributed by atoms with Gasteiger partial charge in [-0.2, -0.15) is 10.4 Å². The van der Waals surface area contributed by atoms with Gasteiger partial charge in [-0.25, -0.2) is 12.4 Å². The highest BCUT2D eigenvalue weighted by Gasteiger charge is 2.20. The average molecular weight is 326 g/mol. The largest absolute Gasteiger partial charge is 0.268 e. The lowest BCUT2D eigenvalue weighted by Gasteiger charge is -2.09. The van der Waals surface area contributed by atoms with Gasteiger partial charge in [-0.05, 0) is 31.2 Å². The first-order valence-electron chi connectivity index (χ1n) is 6.92. The molecule has 0 aliphatic rings. The van der Waals surface area contributed by atoms with Crippen LogP contribution in [0.2, 0.25) is 0 Å². The lowest BCUT2D eigenvalue weighted by molar-refractivity contribution is 0.588. The molecule has 0 aliphatic carbocycles. The third-order valence-electron chi connectivity index (χ3n) is 3.45. The van der Waals surface area contributed by atoms with Crippen LogP contribution in [0.4, 0.5) is 0 Å². The van der Waals surface area contributed by atoms with Gasteiger partial charge >= 0.3 is 0 Å². The quantitative estimate of drug-likeness (QED) is 0.737. The topological polar surface area (TPSA) is 80.7 Å². The van der Waals surface area contributed by atoms with Gasteiger partial charge in [-0.3, -0.25) is 4.68 Å². The molecule has 0 radical (unpaired) electrons. The number of nitrogens with zero attached hydrogens (tertiary/aromatic N) is 4. The van der Waals surface area contributed by atoms with E-state index in [1.807, 2.05) is 13.0 Å². The molecule has 0 saturated heterocycles. The summed E-state index contributed by atoms with van der Waals surface area (Å²) in [5.41, 5.74) is 2.14. The average Bonchev–Trinajstić information content (AvgIpc) is 3.16. The Balaban J connectivity index is 2.06. The lowest BCUT2D eigenvalue weighted by atomic mass is 10.2. The van der Waals surface area contributed by atoms with Crippen LogP contribution in [0.25, 0.3) is 11.3 Å². The first kappa shape index (κ1) is 15.1. The van der Waals surface area contributed by atoms with Crippen molar-refractivity contribution in [1.29, 1.82) is 5.26 Å². The predicted molar refractivity (Wildman–Crippen MR) is 85.0 cm³/mol. The van der Waals surface area contributed by atoms with Crippen LogP contribution in [0.5, 0.6) is 0 Å². The molecule has 0 saturated carbocycles. The Morgan fingerprint density at radius 3 is 2.65 bits per heavy atom. The van der Waals surface area contributed by atoms with Gasteiger partial charge in [-0.1, -0.05) is 17.7 Å². The minimum atomic E-state index is -3.68. The van der Waals surface area contributed by atoms with Crippen molar-refractivity contribution in [3.8, 4) is 17.3 Å². The van der Waals surface area contributed by atoms with Gasteiger partial charge in [0, 0.05) is 18.0 Å². The fourth-order valence-corrected chi connectivity index (χ4v) is 3.64. The molecule has 0 amide bonds. The summed E-state index contributed by atoms with van der Waals surface area (Å²) in [6.45, 7) is 2.02. The Kier molecular flexibility index (Phi) is 3.76. The first-order valence-corrected chi connectivity index (χ1v) is 8.36. The molecule has 0 spiro atoms. The SMILES string of the molecule is Cc1ccc(S(=O)(=O)n2cccc2-c2cnn(CC#N)c2)cc1. The molecule has 7 heteroatoms. The van der Waals surface area contributed by atoms with E-state index in [0.717, 1.165) is 5.56 Å². The molecular weight excluding hydrogens is 312 g/mol. The Bertz CT molecular complexity index is 976. The van der Waals surface area contributed by atoms with Gasteiger partial charge < -0.3 is 0 Å². The van der Waals surface area contributed by atoms with Gasteiger partial charge in [0.1, 0.15) is 6.54 Å². The Labute approximate surface area is 134 Å². The molecule has 1 aromatic carbocycles. The maximum absolute atomic E-state index is 12.8. The molecule has 6 nitrogen and oxygen atoms in total. The Hall–Kier alpha value is -2.85. The Morgan fingerprint density at radius 1 is 1.22 bits per heavy atom. The number of rotatable bonds is 4. The minimum absolute atomic E-state index is 0.116. The molecule has 3 aromatic rings. The van der Waals surface area contributed by atoms with Crippen LogP contribution >= 0.6 is 0 Å². The van der Waals surface area contributed by atoms with Crippen LogP contribution < -0.4 is 0 Å². The number of hydrogen-bond acceptors (Lipinski definition) is 4. The minimum Gasteiger partial charge on any atom is -0.258 e. The van der Waals surface area contributed by atoms with E-state index in [0.29, 0.717) is 11.3 Å². The summed E-state index contributed by atoms with van der Waals surface area (Å²) in [5, 5.41) is 12.8. The molecule has 116 valence electrons. The standard InChI is InChI=1S/C16H14N4O2S/c1-13-4-6-15(7-5-13)23(21,22)20-9-2-3-16(20)14-11-18-19(12-14)10-8-17/h2-7,9,11-12H,10H2,1H3. The summed E-state index contributed by atoms with van der Waals surface area (Å²) in [5.74, 6) is 0. The second-order valence-electron chi connectivity index (χ2n) is 5.09. The predicted octanol–water partition coefficient (Wildman–Crippen LogP) is 2.42. The smallest absolute Gasteiger partial charge is 0.258 e. The van der Waals surface area contributed by atoms with Gasteiger partial charge in [0.2, 0.25) is 0 Å². The second-order valence-corrected chi connectivity index (χ2v) is 6.91. The van der Waals surface area contributed by atoms with E-state index < -0.39 is 10.0 Å². The maximum Gasteiger partial charge on any atom is 0.268 e. The van der Waals surface area contributed by atoms with Gasteiger partial charge in [0.15, 0.2) is 0 Å². The molecule has 23 heavy (non-hydrogen) atoms. The molecule has 0 bridgehead atoms. The van der Waals surface area contributed by atoms with Crippen molar-refractivity contribution in [2.45, 2.75) is 18.4 Å². The maximum atomic E-state index is 12.8. The first-order chi connectivity index (χ1) is 11.0. The van der Waals surface area contributed by atoms with Crippen molar-refractivity contribution in [2.75, 3.05) is 0 Å².